The summed E-state index contributed by atoms with van der Waals surface area (Å²) < 4.78 is 0. The van der Waals surface area contributed by atoms with Crippen LogP contribution in [0.1, 0.15) is 48.9 Å². The van der Waals surface area contributed by atoms with Gasteiger partial charge in [-0.05, 0) is 48.4 Å². The molecule has 0 spiro atoms. The van der Waals surface area contributed by atoms with Crippen molar-refractivity contribution in [3.05, 3.63) is 82.9 Å². The fourth-order valence-corrected chi connectivity index (χ4v) is 2.45. The molecular weight excluding hydrogens is 292 g/mol. The van der Waals surface area contributed by atoms with Crippen LogP contribution in [0.15, 0.2) is 70.9 Å². The molecule has 0 saturated carbocycles. The molecule has 0 fully saturated rings. The summed E-state index contributed by atoms with van der Waals surface area (Å²) in [6.45, 7) is 4.25. The van der Waals surface area contributed by atoms with E-state index in [2.05, 4.69) is 84.7 Å². The molecule has 0 saturated heterocycles. The largest absolute Gasteiger partial charge is 0.159 e. The molecule has 0 aliphatic heterocycles. The Morgan fingerprint density at radius 1 is 0.750 bits per heavy atom. The van der Waals surface area contributed by atoms with E-state index < -0.39 is 0 Å². The van der Waals surface area contributed by atoms with Crippen molar-refractivity contribution in [3.8, 4) is 0 Å². The number of rotatable bonds is 8. The number of nitrogens with zero attached hydrogens (tertiary/aromatic N) is 2. The minimum atomic E-state index is 1.07. The van der Waals surface area contributed by atoms with Crippen molar-refractivity contribution >= 4 is 12.4 Å². The van der Waals surface area contributed by atoms with Gasteiger partial charge in [-0.25, -0.2) is 0 Å². The zero-order chi connectivity index (χ0) is 17.0. The topological polar surface area (TPSA) is 24.7 Å². The maximum atomic E-state index is 4.13. The van der Waals surface area contributed by atoms with Gasteiger partial charge in [0, 0.05) is 0 Å². The number of benzene rings is 2. The third-order valence-electron chi connectivity index (χ3n) is 3.81. The molecule has 124 valence electrons. The highest BCUT2D eigenvalue weighted by atomic mass is 15.2. The second kappa shape index (κ2) is 10.3. The fraction of sp³-hybridized carbons (Fsp3) is 0.273. The molecule has 0 amide bonds. The summed E-state index contributed by atoms with van der Waals surface area (Å²) in [6.07, 6.45) is 12.3. The Labute approximate surface area is 145 Å². The van der Waals surface area contributed by atoms with Crippen LogP contribution in [0, 0.1) is 0 Å². The third kappa shape index (κ3) is 6.33. The molecule has 24 heavy (non-hydrogen) atoms. The molecule has 2 nitrogen and oxygen atoms in total. The van der Waals surface area contributed by atoms with Crippen molar-refractivity contribution in [2.75, 3.05) is 0 Å². The zero-order valence-electron chi connectivity index (χ0n) is 14.7. The molecule has 2 heteroatoms. The van der Waals surface area contributed by atoms with Gasteiger partial charge in [0.25, 0.3) is 0 Å². The van der Waals surface area contributed by atoms with Crippen LogP contribution in [-0.2, 0) is 12.8 Å². The highest BCUT2D eigenvalue weighted by Crippen LogP contribution is 2.07. The van der Waals surface area contributed by atoms with E-state index in [9.17, 15) is 0 Å². The van der Waals surface area contributed by atoms with Crippen LogP contribution < -0.4 is 0 Å². The molecule has 0 N–H and O–H groups in total. The van der Waals surface area contributed by atoms with E-state index in [1.165, 1.54) is 17.5 Å². The minimum absolute atomic E-state index is 1.07. The first-order chi connectivity index (χ1) is 11.8. The van der Waals surface area contributed by atoms with E-state index in [0.29, 0.717) is 0 Å². The lowest BCUT2D eigenvalue weighted by Gasteiger charge is -1.99. The maximum Gasteiger partial charge on any atom is 0.0568 e. The van der Waals surface area contributed by atoms with Crippen molar-refractivity contribution in [2.24, 2.45) is 10.2 Å². The van der Waals surface area contributed by atoms with Crippen LogP contribution >= 0.6 is 0 Å². The number of hydrogen-bond donors (Lipinski definition) is 0. The van der Waals surface area contributed by atoms with Crippen LogP contribution in [0.4, 0.5) is 0 Å². The first-order valence-corrected chi connectivity index (χ1v) is 8.67. The van der Waals surface area contributed by atoms with Gasteiger partial charge in [-0.1, -0.05) is 74.0 Å². The SMILES string of the molecule is C/C=C/CCc1ccc(/C=N/N=C/c2ccc(CCC)cc2)cc1. The predicted octanol–water partition coefficient (Wildman–Crippen LogP) is 5.60. The zero-order valence-corrected chi connectivity index (χ0v) is 14.7. The Bertz CT molecular complexity index is 677. The smallest absolute Gasteiger partial charge is 0.0568 e. The summed E-state index contributed by atoms with van der Waals surface area (Å²) in [5.41, 5.74) is 4.86. The molecule has 0 aromatic heterocycles. The Kier molecular flexibility index (Phi) is 7.69. The summed E-state index contributed by atoms with van der Waals surface area (Å²) >= 11 is 0. The van der Waals surface area contributed by atoms with Gasteiger partial charge in [0.15, 0.2) is 0 Å². The van der Waals surface area contributed by atoms with Gasteiger partial charge in [-0.2, -0.15) is 10.2 Å². The van der Waals surface area contributed by atoms with Crippen LogP contribution in [0.3, 0.4) is 0 Å². The molecule has 2 aromatic carbocycles. The van der Waals surface area contributed by atoms with Gasteiger partial charge in [-0.3, -0.25) is 0 Å². The molecular formula is C22H26N2. The Morgan fingerprint density at radius 2 is 1.25 bits per heavy atom. The normalized spacial score (nSPS) is 11.9. The van der Waals surface area contributed by atoms with E-state index in [1.807, 2.05) is 0 Å². The molecule has 2 aromatic rings. The lowest BCUT2D eigenvalue weighted by molar-refractivity contribution is 0.922. The predicted molar refractivity (Wildman–Crippen MR) is 105 cm³/mol. The van der Waals surface area contributed by atoms with Crippen molar-refractivity contribution in [1.82, 2.24) is 0 Å². The van der Waals surface area contributed by atoms with Crippen LogP contribution in [0.5, 0.6) is 0 Å². The summed E-state index contributed by atoms with van der Waals surface area (Å²) in [5, 5.41) is 8.26. The minimum Gasteiger partial charge on any atom is -0.159 e. The first-order valence-electron chi connectivity index (χ1n) is 8.67. The molecule has 0 unspecified atom stereocenters. The summed E-state index contributed by atoms with van der Waals surface area (Å²) in [4.78, 5) is 0. The lowest BCUT2D eigenvalue weighted by Crippen LogP contribution is -1.86. The molecule has 0 radical (unpaired) electrons. The van der Waals surface area contributed by atoms with Crippen LogP contribution in [0.2, 0.25) is 0 Å². The standard InChI is InChI=1S/C22H26N2/c1-3-5-6-8-20-11-15-22(16-12-20)18-24-23-17-21-13-9-19(7-4-2)10-14-21/h3,5,9-18H,4,6-8H2,1-2H3/b5-3+,23-17+,24-18+. The van der Waals surface area contributed by atoms with Gasteiger partial charge in [0.2, 0.25) is 0 Å². The quantitative estimate of drug-likeness (QED) is 0.344. The van der Waals surface area contributed by atoms with E-state index in [4.69, 9.17) is 0 Å². The average molecular weight is 318 g/mol. The Morgan fingerprint density at radius 3 is 1.71 bits per heavy atom. The van der Waals surface area contributed by atoms with Crippen molar-refractivity contribution in [1.29, 1.82) is 0 Å². The highest BCUT2D eigenvalue weighted by molar-refractivity contribution is 5.82. The molecule has 0 atom stereocenters. The molecule has 0 heterocycles. The van der Waals surface area contributed by atoms with Crippen LogP contribution in [-0.4, -0.2) is 12.4 Å². The molecule has 0 aliphatic carbocycles. The summed E-state index contributed by atoms with van der Waals surface area (Å²) in [7, 11) is 0. The summed E-state index contributed by atoms with van der Waals surface area (Å²) in [6, 6.07) is 17.0. The van der Waals surface area contributed by atoms with E-state index in [1.54, 1.807) is 12.4 Å². The van der Waals surface area contributed by atoms with Gasteiger partial charge >= 0.3 is 0 Å². The summed E-state index contributed by atoms with van der Waals surface area (Å²) in [5.74, 6) is 0. The second-order valence-electron chi connectivity index (χ2n) is 5.83. The molecule has 0 bridgehead atoms. The molecule has 0 aliphatic rings. The van der Waals surface area contributed by atoms with Crippen molar-refractivity contribution < 1.29 is 0 Å². The van der Waals surface area contributed by atoms with Gasteiger partial charge in [0.1, 0.15) is 0 Å². The van der Waals surface area contributed by atoms with Crippen molar-refractivity contribution in [3.63, 3.8) is 0 Å². The number of allylic oxidation sites excluding steroid dienone is 2. The van der Waals surface area contributed by atoms with E-state index in [-0.39, 0.29) is 0 Å². The van der Waals surface area contributed by atoms with Gasteiger partial charge in [-0.15, -0.1) is 0 Å². The lowest BCUT2D eigenvalue weighted by atomic mass is 10.1. The van der Waals surface area contributed by atoms with E-state index in [0.717, 1.165) is 30.4 Å². The molecule has 2 rings (SSSR count). The maximum absolute atomic E-state index is 4.13. The number of hydrogen-bond acceptors (Lipinski definition) is 2. The average Bonchev–Trinajstić information content (AvgIpc) is 2.62. The Hall–Kier alpha value is -2.48. The fourth-order valence-electron chi connectivity index (χ4n) is 2.45. The van der Waals surface area contributed by atoms with E-state index >= 15 is 0 Å². The van der Waals surface area contributed by atoms with Gasteiger partial charge < -0.3 is 0 Å². The highest BCUT2D eigenvalue weighted by Gasteiger charge is 1.93. The third-order valence-corrected chi connectivity index (χ3v) is 3.81. The van der Waals surface area contributed by atoms with Crippen molar-refractivity contribution in [2.45, 2.75) is 39.5 Å². The second-order valence-corrected chi connectivity index (χ2v) is 5.83. The Balaban J connectivity index is 1.86. The van der Waals surface area contributed by atoms with Gasteiger partial charge in [0.05, 0.1) is 12.4 Å². The monoisotopic (exact) mass is 318 g/mol. The first kappa shape index (κ1) is 17.9. The number of aryl methyl sites for hydroxylation is 2. The van der Waals surface area contributed by atoms with Crippen LogP contribution in [0.25, 0.3) is 0 Å².